The third-order valence-electron chi connectivity index (χ3n) is 2.96. The average Bonchev–Trinajstić information content (AvgIpc) is 2.55. The van der Waals surface area contributed by atoms with E-state index in [1.165, 1.54) is 12.1 Å². The predicted molar refractivity (Wildman–Crippen MR) is 84.2 cm³/mol. The van der Waals surface area contributed by atoms with Gasteiger partial charge in [0.15, 0.2) is 11.5 Å². The summed E-state index contributed by atoms with van der Waals surface area (Å²) in [7, 11) is 3.13. The van der Waals surface area contributed by atoms with Crippen molar-refractivity contribution in [2.75, 3.05) is 19.6 Å². The number of aromatic carboxylic acids is 1. The number of hydrogen-bond acceptors (Lipinski definition) is 5. The molecule has 0 aliphatic rings. The lowest BCUT2D eigenvalue weighted by molar-refractivity contribution is 0.0697. The van der Waals surface area contributed by atoms with Gasteiger partial charge >= 0.3 is 5.97 Å². The molecule has 0 aliphatic carbocycles. The van der Waals surface area contributed by atoms with E-state index in [1.807, 2.05) is 12.1 Å². The lowest BCUT2D eigenvalue weighted by Gasteiger charge is -2.09. The quantitative estimate of drug-likeness (QED) is 0.633. The SMILES string of the molecule is COc1cccc(C=NNc2ccc(C(=O)O)cc2)c1OC. The number of benzene rings is 2. The first-order valence-corrected chi connectivity index (χ1v) is 6.49. The summed E-state index contributed by atoms with van der Waals surface area (Å²) >= 11 is 0. The van der Waals surface area contributed by atoms with E-state index in [0.29, 0.717) is 17.2 Å². The van der Waals surface area contributed by atoms with Gasteiger partial charge in [0, 0.05) is 5.56 Å². The summed E-state index contributed by atoms with van der Waals surface area (Å²) in [6.07, 6.45) is 1.60. The molecule has 22 heavy (non-hydrogen) atoms. The molecule has 2 rings (SSSR count). The van der Waals surface area contributed by atoms with E-state index >= 15 is 0 Å². The van der Waals surface area contributed by atoms with Crippen molar-refractivity contribution >= 4 is 17.9 Å². The zero-order chi connectivity index (χ0) is 15.9. The molecule has 2 aromatic carbocycles. The highest BCUT2D eigenvalue weighted by Crippen LogP contribution is 2.29. The molecular weight excluding hydrogens is 284 g/mol. The van der Waals surface area contributed by atoms with Crippen molar-refractivity contribution in [1.29, 1.82) is 0 Å². The second-order valence-electron chi connectivity index (χ2n) is 4.34. The number of para-hydroxylation sites is 1. The number of carbonyl (C=O) groups is 1. The summed E-state index contributed by atoms with van der Waals surface area (Å²) in [6, 6.07) is 11.8. The van der Waals surface area contributed by atoms with Crippen molar-refractivity contribution in [2.45, 2.75) is 0 Å². The Morgan fingerprint density at radius 2 is 1.86 bits per heavy atom. The van der Waals surface area contributed by atoms with Gasteiger partial charge < -0.3 is 14.6 Å². The Bertz CT molecular complexity index is 681. The van der Waals surface area contributed by atoms with Crippen molar-refractivity contribution < 1.29 is 19.4 Å². The van der Waals surface area contributed by atoms with E-state index in [-0.39, 0.29) is 5.56 Å². The van der Waals surface area contributed by atoms with E-state index in [1.54, 1.807) is 38.6 Å². The number of hydrazone groups is 1. The molecule has 0 bridgehead atoms. The van der Waals surface area contributed by atoms with Gasteiger partial charge in [0.1, 0.15) is 0 Å². The van der Waals surface area contributed by atoms with E-state index < -0.39 is 5.97 Å². The molecule has 0 saturated heterocycles. The normalized spacial score (nSPS) is 10.5. The Morgan fingerprint density at radius 3 is 2.45 bits per heavy atom. The monoisotopic (exact) mass is 300 g/mol. The lowest BCUT2D eigenvalue weighted by Crippen LogP contribution is -1.98. The molecule has 0 saturated carbocycles. The summed E-state index contributed by atoms with van der Waals surface area (Å²) in [4.78, 5) is 10.8. The second kappa shape index (κ2) is 7.12. The maximum Gasteiger partial charge on any atom is 0.335 e. The number of nitrogens with zero attached hydrogens (tertiary/aromatic N) is 1. The van der Waals surface area contributed by atoms with Gasteiger partial charge in [-0.3, -0.25) is 5.43 Å². The zero-order valence-electron chi connectivity index (χ0n) is 12.2. The highest BCUT2D eigenvalue weighted by Gasteiger charge is 2.07. The molecule has 6 heteroatoms. The van der Waals surface area contributed by atoms with Crippen LogP contribution in [0.5, 0.6) is 11.5 Å². The van der Waals surface area contributed by atoms with Gasteiger partial charge in [-0.25, -0.2) is 4.79 Å². The van der Waals surface area contributed by atoms with E-state index in [9.17, 15) is 4.79 Å². The lowest BCUT2D eigenvalue weighted by atomic mass is 10.2. The van der Waals surface area contributed by atoms with Gasteiger partial charge in [0.25, 0.3) is 0 Å². The molecule has 0 aliphatic heterocycles. The van der Waals surface area contributed by atoms with Gasteiger partial charge in [0.2, 0.25) is 0 Å². The fourth-order valence-electron chi connectivity index (χ4n) is 1.88. The van der Waals surface area contributed by atoms with Gasteiger partial charge in [-0.2, -0.15) is 5.10 Å². The molecule has 6 nitrogen and oxygen atoms in total. The molecule has 0 radical (unpaired) electrons. The number of carboxylic acid groups (broad SMARTS) is 1. The third kappa shape index (κ3) is 3.54. The standard InChI is InChI=1S/C16H16N2O4/c1-21-14-5-3-4-12(15(14)22-2)10-17-18-13-8-6-11(7-9-13)16(19)20/h3-10,18H,1-2H3,(H,19,20). The molecule has 0 amide bonds. The number of carboxylic acids is 1. The Morgan fingerprint density at radius 1 is 1.14 bits per heavy atom. The van der Waals surface area contributed by atoms with E-state index in [0.717, 1.165) is 5.56 Å². The van der Waals surface area contributed by atoms with Gasteiger partial charge in [-0.15, -0.1) is 0 Å². The minimum atomic E-state index is -0.962. The molecule has 2 N–H and O–H groups in total. The first-order chi connectivity index (χ1) is 10.7. The first-order valence-electron chi connectivity index (χ1n) is 6.49. The largest absolute Gasteiger partial charge is 0.493 e. The van der Waals surface area contributed by atoms with Crippen LogP contribution in [0.25, 0.3) is 0 Å². The molecule has 0 heterocycles. The molecule has 0 atom stereocenters. The Hall–Kier alpha value is -3.02. The molecule has 0 unspecified atom stereocenters. The Labute approximate surface area is 128 Å². The molecule has 114 valence electrons. The van der Waals surface area contributed by atoms with Crippen molar-refractivity contribution in [3.8, 4) is 11.5 Å². The van der Waals surface area contributed by atoms with Gasteiger partial charge in [-0.05, 0) is 36.4 Å². The van der Waals surface area contributed by atoms with Crippen molar-refractivity contribution in [1.82, 2.24) is 0 Å². The van der Waals surface area contributed by atoms with Crippen LogP contribution in [-0.2, 0) is 0 Å². The Balaban J connectivity index is 2.11. The maximum atomic E-state index is 10.8. The molecule has 2 aromatic rings. The molecule has 0 spiro atoms. The first kappa shape index (κ1) is 15.4. The molecular formula is C16H16N2O4. The summed E-state index contributed by atoms with van der Waals surface area (Å²) < 4.78 is 10.5. The highest BCUT2D eigenvalue weighted by atomic mass is 16.5. The second-order valence-corrected chi connectivity index (χ2v) is 4.34. The Kier molecular flexibility index (Phi) is 4.98. The highest BCUT2D eigenvalue weighted by molar-refractivity contribution is 5.88. The van der Waals surface area contributed by atoms with E-state index in [4.69, 9.17) is 14.6 Å². The van der Waals surface area contributed by atoms with Crippen molar-refractivity contribution in [2.24, 2.45) is 5.10 Å². The smallest absolute Gasteiger partial charge is 0.335 e. The number of nitrogens with one attached hydrogen (secondary N) is 1. The van der Waals surface area contributed by atoms with Crippen molar-refractivity contribution in [3.05, 3.63) is 53.6 Å². The molecule has 0 aromatic heterocycles. The third-order valence-corrected chi connectivity index (χ3v) is 2.96. The molecule has 0 fully saturated rings. The summed E-state index contributed by atoms with van der Waals surface area (Å²) in [5.41, 5.74) is 4.50. The summed E-state index contributed by atoms with van der Waals surface area (Å²) in [6.45, 7) is 0. The van der Waals surface area contributed by atoms with Crippen LogP contribution in [0.2, 0.25) is 0 Å². The van der Waals surface area contributed by atoms with Crippen LogP contribution in [0.1, 0.15) is 15.9 Å². The zero-order valence-corrected chi connectivity index (χ0v) is 12.2. The van der Waals surface area contributed by atoms with Crippen LogP contribution in [-0.4, -0.2) is 31.5 Å². The number of ether oxygens (including phenoxy) is 2. The fourth-order valence-corrected chi connectivity index (χ4v) is 1.88. The topological polar surface area (TPSA) is 80.2 Å². The predicted octanol–water partition coefficient (Wildman–Crippen LogP) is 2.85. The van der Waals surface area contributed by atoms with Crippen molar-refractivity contribution in [3.63, 3.8) is 0 Å². The average molecular weight is 300 g/mol. The minimum Gasteiger partial charge on any atom is -0.493 e. The van der Waals surface area contributed by atoms with Crippen LogP contribution in [0.4, 0.5) is 5.69 Å². The maximum absolute atomic E-state index is 10.8. The number of hydrogen-bond donors (Lipinski definition) is 2. The summed E-state index contributed by atoms with van der Waals surface area (Å²) in [5, 5.41) is 12.9. The van der Waals surface area contributed by atoms with Gasteiger partial charge in [-0.1, -0.05) is 6.07 Å². The van der Waals surface area contributed by atoms with Crippen LogP contribution >= 0.6 is 0 Å². The number of anilines is 1. The number of methoxy groups -OCH3 is 2. The van der Waals surface area contributed by atoms with Gasteiger partial charge in [0.05, 0.1) is 31.7 Å². The van der Waals surface area contributed by atoms with Crippen LogP contribution in [0.3, 0.4) is 0 Å². The minimum absolute atomic E-state index is 0.226. The number of rotatable bonds is 6. The van der Waals surface area contributed by atoms with Crippen LogP contribution < -0.4 is 14.9 Å². The summed E-state index contributed by atoms with van der Waals surface area (Å²) in [5.74, 6) is 0.255. The van der Waals surface area contributed by atoms with Crippen LogP contribution in [0.15, 0.2) is 47.6 Å². The van der Waals surface area contributed by atoms with Crippen LogP contribution in [0, 0.1) is 0 Å². The fraction of sp³-hybridized carbons (Fsp3) is 0.125. The van der Waals surface area contributed by atoms with E-state index in [2.05, 4.69) is 10.5 Å².